The number of ketones is 1. The molecule has 1 N–H and O–H groups in total. The fraction of sp³-hybridized carbons (Fsp3) is 0.333. The van der Waals surface area contributed by atoms with Crippen molar-refractivity contribution in [2.24, 2.45) is 0 Å². The second-order valence-electron chi connectivity index (χ2n) is 7.63. The lowest BCUT2D eigenvalue weighted by Gasteiger charge is -2.15. The van der Waals surface area contributed by atoms with Crippen molar-refractivity contribution in [2.75, 3.05) is 13.2 Å². The molecule has 9 heteroatoms. The topological polar surface area (TPSA) is 97.7 Å². The van der Waals surface area contributed by atoms with Gasteiger partial charge in [-0.1, -0.05) is 0 Å². The third kappa shape index (κ3) is 3.96. The van der Waals surface area contributed by atoms with E-state index in [1.807, 2.05) is 0 Å². The number of carbonyl (C=O) groups excluding carboxylic acids is 4. The van der Waals surface area contributed by atoms with Crippen LogP contribution in [-0.2, 0) is 14.3 Å². The Morgan fingerprint density at radius 3 is 2.33 bits per heavy atom. The van der Waals surface area contributed by atoms with Crippen molar-refractivity contribution in [2.45, 2.75) is 33.2 Å². The second kappa shape index (κ2) is 7.74. The smallest absolute Gasteiger partial charge is 0.326 e. The first-order chi connectivity index (χ1) is 14.0. The number of aromatic nitrogens is 1. The lowest BCUT2D eigenvalue weighted by Crippen LogP contribution is -2.41. The molecule has 2 aromatic rings. The Kier molecular flexibility index (Phi) is 5.47. The van der Waals surface area contributed by atoms with Gasteiger partial charge in [-0.15, -0.1) is 0 Å². The lowest BCUT2D eigenvalue weighted by atomic mass is 10.1. The first-order valence-electron chi connectivity index (χ1n) is 9.29. The van der Waals surface area contributed by atoms with E-state index in [0.717, 1.165) is 10.6 Å². The molecule has 0 spiro atoms. The van der Waals surface area contributed by atoms with Gasteiger partial charge in [0.25, 0.3) is 5.91 Å². The fourth-order valence-corrected chi connectivity index (χ4v) is 3.39. The number of nitrogens with zero attached hydrogens (tertiary/aromatic N) is 2. The summed E-state index contributed by atoms with van der Waals surface area (Å²) >= 11 is 0. The zero-order chi connectivity index (χ0) is 22.2. The number of hydrogen-bond acceptors (Lipinski definition) is 5. The van der Waals surface area contributed by atoms with Crippen molar-refractivity contribution in [1.82, 2.24) is 14.8 Å². The average molecular weight is 415 g/mol. The van der Waals surface area contributed by atoms with E-state index in [4.69, 9.17) is 4.74 Å². The standard InChI is InChI=1S/C21H22FN3O5/c1-12-9-16(13(2)25(12)15-7-5-14(22)6-8-15)17(26)11-30-18(27)10-24-19(28)21(3,4)23-20(24)29/h5-9H,10-11H2,1-4H3,(H,23,29). The van der Waals surface area contributed by atoms with Gasteiger partial charge in [-0.2, -0.15) is 0 Å². The van der Waals surface area contributed by atoms with Crippen LogP contribution in [0.25, 0.3) is 5.69 Å². The molecule has 0 radical (unpaired) electrons. The minimum absolute atomic E-state index is 0.362. The molecule has 2 heterocycles. The van der Waals surface area contributed by atoms with E-state index in [1.165, 1.54) is 26.0 Å². The monoisotopic (exact) mass is 415 g/mol. The van der Waals surface area contributed by atoms with Crippen LogP contribution in [-0.4, -0.2) is 51.8 Å². The number of hydrogen-bond donors (Lipinski definition) is 1. The van der Waals surface area contributed by atoms with Crippen molar-refractivity contribution in [3.8, 4) is 5.69 Å². The zero-order valence-corrected chi connectivity index (χ0v) is 17.1. The van der Waals surface area contributed by atoms with Crippen LogP contribution in [0, 0.1) is 19.7 Å². The van der Waals surface area contributed by atoms with E-state index < -0.39 is 42.4 Å². The first kappa shape index (κ1) is 21.2. The molecule has 1 saturated heterocycles. The molecule has 0 bridgehead atoms. The number of nitrogens with one attached hydrogen (secondary N) is 1. The number of ether oxygens (including phenoxy) is 1. The Balaban J connectivity index is 1.66. The molecule has 1 aliphatic heterocycles. The SMILES string of the molecule is Cc1cc(C(=O)COC(=O)CN2C(=O)NC(C)(C)C2=O)c(C)n1-c1ccc(F)cc1. The van der Waals surface area contributed by atoms with Gasteiger partial charge in [0.1, 0.15) is 17.9 Å². The van der Waals surface area contributed by atoms with E-state index in [1.54, 1.807) is 36.6 Å². The molecule has 8 nitrogen and oxygen atoms in total. The zero-order valence-electron chi connectivity index (χ0n) is 17.1. The molecule has 1 aliphatic rings. The molecule has 3 rings (SSSR count). The average Bonchev–Trinajstić information content (AvgIpc) is 3.07. The Labute approximate surface area is 172 Å². The molecular formula is C21H22FN3O5. The van der Waals surface area contributed by atoms with E-state index in [2.05, 4.69) is 5.32 Å². The predicted octanol–water partition coefficient (Wildman–Crippen LogP) is 2.29. The molecule has 30 heavy (non-hydrogen) atoms. The molecule has 1 aromatic carbocycles. The summed E-state index contributed by atoms with van der Waals surface area (Å²) in [7, 11) is 0. The van der Waals surface area contributed by atoms with Crippen molar-refractivity contribution in [3.05, 3.63) is 53.1 Å². The number of amides is 3. The number of carbonyl (C=O) groups is 4. The highest BCUT2D eigenvalue weighted by molar-refractivity contribution is 6.08. The molecular weight excluding hydrogens is 393 g/mol. The van der Waals surface area contributed by atoms with Gasteiger partial charge in [-0.3, -0.25) is 19.3 Å². The molecule has 3 amide bonds. The van der Waals surface area contributed by atoms with Crippen molar-refractivity contribution in [1.29, 1.82) is 0 Å². The number of Topliss-reactive ketones (excluding diaryl/α,β-unsaturated/α-hetero) is 1. The number of urea groups is 1. The summed E-state index contributed by atoms with van der Waals surface area (Å²) in [6.07, 6.45) is 0. The number of rotatable bonds is 6. The number of benzene rings is 1. The molecule has 0 unspecified atom stereocenters. The summed E-state index contributed by atoms with van der Waals surface area (Å²) in [6.45, 7) is 5.49. The third-order valence-corrected chi connectivity index (χ3v) is 4.91. The molecule has 1 fully saturated rings. The van der Waals surface area contributed by atoms with Crippen molar-refractivity contribution >= 4 is 23.7 Å². The Hall–Kier alpha value is -3.49. The van der Waals surface area contributed by atoms with Gasteiger partial charge in [0.05, 0.1) is 0 Å². The van der Waals surface area contributed by atoms with E-state index in [-0.39, 0.29) is 5.82 Å². The summed E-state index contributed by atoms with van der Waals surface area (Å²) in [4.78, 5) is 49.3. The predicted molar refractivity (Wildman–Crippen MR) is 105 cm³/mol. The van der Waals surface area contributed by atoms with Crippen LogP contribution in [0.4, 0.5) is 9.18 Å². The van der Waals surface area contributed by atoms with Gasteiger partial charge in [0.2, 0.25) is 5.78 Å². The second-order valence-corrected chi connectivity index (χ2v) is 7.63. The van der Waals surface area contributed by atoms with Crippen molar-refractivity contribution < 1.29 is 28.3 Å². The number of imide groups is 1. The van der Waals surface area contributed by atoms with Crippen LogP contribution < -0.4 is 5.32 Å². The highest BCUT2D eigenvalue weighted by atomic mass is 19.1. The summed E-state index contributed by atoms with van der Waals surface area (Å²) in [6, 6.07) is 6.83. The highest BCUT2D eigenvalue weighted by Crippen LogP contribution is 2.22. The number of esters is 1. The maximum Gasteiger partial charge on any atom is 0.326 e. The third-order valence-electron chi connectivity index (χ3n) is 4.91. The molecule has 158 valence electrons. The first-order valence-corrected chi connectivity index (χ1v) is 9.29. The molecule has 0 saturated carbocycles. The normalized spacial score (nSPS) is 15.3. The Bertz CT molecular complexity index is 1040. The van der Waals surface area contributed by atoms with Gasteiger partial charge in [0.15, 0.2) is 6.61 Å². The largest absolute Gasteiger partial charge is 0.456 e. The number of halogens is 1. The highest BCUT2D eigenvalue weighted by Gasteiger charge is 2.45. The van der Waals surface area contributed by atoms with Gasteiger partial charge >= 0.3 is 12.0 Å². The maximum absolute atomic E-state index is 13.2. The van der Waals surface area contributed by atoms with E-state index in [9.17, 15) is 23.6 Å². The van der Waals surface area contributed by atoms with Crippen LogP contribution in [0.5, 0.6) is 0 Å². The van der Waals surface area contributed by atoms with Crippen LogP contribution >= 0.6 is 0 Å². The molecule has 0 aliphatic carbocycles. The van der Waals surface area contributed by atoms with Gasteiger partial charge in [0, 0.05) is 22.6 Å². The van der Waals surface area contributed by atoms with Crippen molar-refractivity contribution in [3.63, 3.8) is 0 Å². The minimum atomic E-state index is -1.09. The maximum atomic E-state index is 13.2. The van der Waals surface area contributed by atoms with Crippen LogP contribution in [0.1, 0.15) is 35.6 Å². The minimum Gasteiger partial charge on any atom is -0.456 e. The fourth-order valence-electron chi connectivity index (χ4n) is 3.39. The Morgan fingerprint density at radius 2 is 1.77 bits per heavy atom. The van der Waals surface area contributed by atoms with Gasteiger partial charge < -0.3 is 14.6 Å². The summed E-state index contributed by atoms with van der Waals surface area (Å²) in [5, 5.41) is 2.46. The molecule has 0 atom stereocenters. The van der Waals surface area contributed by atoms with E-state index in [0.29, 0.717) is 16.9 Å². The van der Waals surface area contributed by atoms with Gasteiger partial charge in [-0.25, -0.2) is 9.18 Å². The number of aryl methyl sites for hydroxylation is 1. The molecule has 1 aromatic heterocycles. The lowest BCUT2D eigenvalue weighted by molar-refractivity contribution is -0.146. The van der Waals surface area contributed by atoms with Gasteiger partial charge in [-0.05, 0) is 58.0 Å². The Morgan fingerprint density at radius 1 is 1.13 bits per heavy atom. The summed E-state index contributed by atoms with van der Waals surface area (Å²) < 4.78 is 20.0. The van der Waals surface area contributed by atoms with Crippen LogP contribution in [0.2, 0.25) is 0 Å². The summed E-state index contributed by atoms with van der Waals surface area (Å²) in [5.74, 6) is -2.20. The van der Waals surface area contributed by atoms with Crippen LogP contribution in [0.15, 0.2) is 30.3 Å². The van der Waals surface area contributed by atoms with Crippen LogP contribution in [0.3, 0.4) is 0 Å². The van der Waals surface area contributed by atoms with E-state index >= 15 is 0 Å². The quantitative estimate of drug-likeness (QED) is 0.444. The summed E-state index contributed by atoms with van der Waals surface area (Å²) in [5.41, 5.74) is 1.35.